The summed E-state index contributed by atoms with van der Waals surface area (Å²) in [7, 11) is 0. The van der Waals surface area contributed by atoms with Gasteiger partial charge in [0.25, 0.3) is 11.6 Å². The van der Waals surface area contributed by atoms with Crippen LogP contribution < -0.4 is 10.6 Å². The van der Waals surface area contributed by atoms with E-state index in [4.69, 9.17) is 0 Å². The van der Waals surface area contributed by atoms with E-state index in [0.29, 0.717) is 17.1 Å². The van der Waals surface area contributed by atoms with E-state index in [0.717, 1.165) is 4.52 Å². The number of nitrogens with zero attached hydrogens (tertiary/aromatic N) is 4. The summed E-state index contributed by atoms with van der Waals surface area (Å²) in [5.41, 5.74) is 1.70. The van der Waals surface area contributed by atoms with Gasteiger partial charge in [-0.15, -0.1) is 5.10 Å². The SMILES string of the molecule is CC(=O)Nc1ccc(Nc2cc(C)nc3nc(C(F)(F)F)nn23)cc1. The number of anilines is 3. The molecule has 0 aliphatic carbocycles. The molecule has 2 heterocycles. The summed E-state index contributed by atoms with van der Waals surface area (Å²) < 4.78 is 39.4. The van der Waals surface area contributed by atoms with E-state index in [9.17, 15) is 18.0 Å². The molecule has 0 saturated heterocycles. The van der Waals surface area contributed by atoms with Crippen molar-refractivity contribution >= 4 is 28.9 Å². The van der Waals surface area contributed by atoms with Crippen molar-refractivity contribution in [2.24, 2.45) is 0 Å². The van der Waals surface area contributed by atoms with Crippen molar-refractivity contribution in [3.05, 3.63) is 41.9 Å². The number of carbonyl (C=O) groups excluding carboxylic acids is 1. The number of hydrogen-bond donors (Lipinski definition) is 2. The lowest BCUT2D eigenvalue weighted by Crippen LogP contribution is -2.08. The number of nitrogens with one attached hydrogen (secondary N) is 2. The van der Waals surface area contributed by atoms with Gasteiger partial charge in [-0.1, -0.05) is 0 Å². The zero-order chi connectivity index (χ0) is 18.2. The normalized spacial score (nSPS) is 11.6. The first-order chi connectivity index (χ1) is 11.7. The average molecular weight is 350 g/mol. The lowest BCUT2D eigenvalue weighted by Gasteiger charge is -2.09. The molecule has 3 aromatic rings. The third-order valence-electron chi connectivity index (χ3n) is 3.17. The number of benzene rings is 1. The fourth-order valence-corrected chi connectivity index (χ4v) is 2.18. The molecule has 0 atom stereocenters. The Morgan fingerprint density at radius 1 is 1.12 bits per heavy atom. The van der Waals surface area contributed by atoms with Gasteiger partial charge in [0, 0.05) is 30.1 Å². The molecule has 25 heavy (non-hydrogen) atoms. The highest BCUT2D eigenvalue weighted by molar-refractivity contribution is 5.88. The van der Waals surface area contributed by atoms with Gasteiger partial charge in [-0.25, -0.2) is 4.98 Å². The van der Waals surface area contributed by atoms with Crippen molar-refractivity contribution in [3.8, 4) is 0 Å². The Bertz CT molecular complexity index is 933. The Labute approximate surface area is 139 Å². The number of carbonyl (C=O) groups is 1. The molecule has 1 aromatic carbocycles. The van der Waals surface area contributed by atoms with Crippen molar-refractivity contribution in [2.75, 3.05) is 10.6 Å². The molecular formula is C15H13F3N6O. The molecule has 0 saturated carbocycles. The number of amides is 1. The maximum Gasteiger partial charge on any atom is 0.453 e. The molecule has 1 amide bonds. The number of hydrogen-bond acceptors (Lipinski definition) is 5. The van der Waals surface area contributed by atoms with Gasteiger partial charge in [0.1, 0.15) is 5.82 Å². The van der Waals surface area contributed by atoms with Crippen molar-refractivity contribution in [1.82, 2.24) is 19.6 Å². The number of aromatic nitrogens is 4. The van der Waals surface area contributed by atoms with E-state index in [1.54, 1.807) is 37.3 Å². The fraction of sp³-hybridized carbons (Fsp3) is 0.200. The smallest absolute Gasteiger partial charge is 0.340 e. The van der Waals surface area contributed by atoms with Gasteiger partial charge in [-0.3, -0.25) is 4.79 Å². The van der Waals surface area contributed by atoms with E-state index in [1.165, 1.54) is 6.92 Å². The summed E-state index contributed by atoms with van der Waals surface area (Å²) in [6.07, 6.45) is -4.65. The van der Waals surface area contributed by atoms with E-state index < -0.39 is 12.0 Å². The Balaban J connectivity index is 1.95. The summed E-state index contributed by atoms with van der Waals surface area (Å²) in [5, 5.41) is 9.08. The van der Waals surface area contributed by atoms with Crippen LogP contribution in [0.4, 0.5) is 30.4 Å². The predicted octanol–water partition coefficient (Wildman–Crippen LogP) is 3.15. The van der Waals surface area contributed by atoms with Crippen LogP contribution >= 0.6 is 0 Å². The second kappa shape index (κ2) is 6.04. The van der Waals surface area contributed by atoms with Gasteiger partial charge in [0.15, 0.2) is 0 Å². The average Bonchev–Trinajstić information content (AvgIpc) is 2.93. The molecular weight excluding hydrogens is 337 g/mol. The number of halogens is 3. The topological polar surface area (TPSA) is 84.2 Å². The Kier molecular flexibility index (Phi) is 4.03. The molecule has 130 valence electrons. The minimum Gasteiger partial charge on any atom is -0.340 e. The number of aryl methyl sites for hydroxylation is 1. The van der Waals surface area contributed by atoms with Crippen LogP contribution in [0.3, 0.4) is 0 Å². The zero-order valence-corrected chi connectivity index (χ0v) is 13.2. The van der Waals surface area contributed by atoms with Crippen LogP contribution in [-0.2, 0) is 11.0 Å². The highest BCUT2D eigenvalue weighted by Crippen LogP contribution is 2.27. The first kappa shape index (κ1) is 16.7. The van der Waals surface area contributed by atoms with Gasteiger partial charge in [-0.05, 0) is 31.2 Å². The van der Waals surface area contributed by atoms with Crippen LogP contribution in [0, 0.1) is 6.92 Å². The maximum absolute atomic E-state index is 12.8. The molecule has 0 bridgehead atoms. The van der Waals surface area contributed by atoms with Crippen LogP contribution in [0.5, 0.6) is 0 Å². The predicted molar refractivity (Wildman–Crippen MR) is 84.5 cm³/mol. The van der Waals surface area contributed by atoms with Crippen molar-refractivity contribution in [2.45, 2.75) is 20.0 Å². The second-order valence-electron chi connectivity index (χ2n) is 5.31. The lowest BCUT2D eigenvalue weighted by atomic mass is 10.2. The van der Waals surface area contributed by atoms with E-state index in [2.05, 4.69) is 25.7 Å². The minimum absolute atomic E-state index is 0.148. The molecule has 0 aliphatic rings. The van der Waals surface area contributed by atoms with Gasteiger partial charge in [0.05, 0.1) is 0 Å². The summed E-state index contributed by atoms with van der Waals surface area (Å²) in [6, 6.07) is 8.24. The molecule has 0 fully saturated rings. The van der Waals surface area contributed by atoms with Crippen molar-refractivity contribution in [3.63, 3.8) is 0 Å². The van der Waals surface area contributed by atoms with Gasteiger partial charge >= 0.3 is 6.18 Å². The van der Waals surface area contributed by atoms with Crippen LogP contribution in [0.25, 0.3) is 5.78 Å². The van der Waals surface area contributed by atoms with Gasteiger partial charge in [-0.2, -0.15) is 22.7 Å². The van der Waals surface area contributed by atoms with Gasteiger partial charge < -0.3 is 10.6 Å². The molecule has 10 heteroatoms. The van der Waals surface area contributed by atoms with E-state index >= 15 is 0 Å². The summed E-state index contributed by atoms with van der Waals surface area (Å²) in [4.78, 5) is 18.4. The number of alkyl halides is 3. The highest BCUT2D eigenvalue weighted by atomic mass is 19.4. The number of fused-ring (bicyclic) bond motifs is 1. The largest absolute Gasteiger partial charge is 0.453 e. The van der Waals surface area contributed by atoms with Crippen LogP contribution in [0.15, 0.2) is 30.3 Å². The third-order valence-corrected chi connectivity index (χ3v) is 3.17. The Morgan fingerprint density at radius 3 is 2.36 bits per heavy atom. The Hall–Kier alpha value is -3.17. The Morgan fingerprint density at radius 2 is 1.76 bits per heavy atom. The molecule has 0 spiro atoms. The maximum atomic E-state index is 12.8. The minimum atomic E-state index is -4.65. The number of rotatable bonds is 3. The lowest BCUT2D eigenvalue weighted by molar-refractivity contribution is -0.144. The summed E-state index contributed by atoms with van der Waals surface area (Å²) in [5.74, 6) is -1.31. The van der Waals surface area contributed by atoms with Gasteiger partial charge in [0.2, 0.25) is 5.91 Å². The monoisotopic (exact) mass is 350 g/mol. The van der Waals surface area contributed by atoms with E-state index in [1.807, 2.05) is 0 Å². The van der Waals surface area contributed by atoms with Crippen LogP contribution in [0.1, 0.15) is 18.4 Å². The van der Waals surface area contributed by atoms with Crippen LogP contribution in [0.2, 0.25) is 0 Å². The molecule has 0 unspecified atom stereocenters. The standard InChI is InChI=1S/C15H13F3N6O/c1-8-7-12(21-11-5-3-10(4-6-11)20-9(2)25)24-14(19-8)22-13(23-24)15(16,17)18/h3-7,21H,1-2H3,(H,20,25). The van der Waals surface area contributed by atoms with Crippen molar-refractivity contribution < 1.29 is 18.0 Å². The molecule has 3 rings (SSSR count). The highest BCUT2D eigenvalue weighted by Gasteiger charge is 2.36. The molecule has 7 nitrogen and oxygen atoms in total. The first-order valence-corrected chi connectivity index (χ1v) is 7.19. The molecule has 0 aliphatic heterocycles. The fourth-order valence-electron chi connectivity index (χ4n) is 2.18. The van der Waals surface area contributed by atoms with Crippen LogP contribution in [-0.4, -0.2) is 25.5 Å². The zero-order valence-electron chi connectivity index (χ0n) is 13.2. The molecule has 0 radical (unpaired) electrons. The quantitative estimate of drug-likeness (QED) is 0.758. The van der Waals surface area contributed by atoms with E-state index in [-0.39, 0.29) is 17.5 Å². The molecule has 2 aromatic heterocycles. The second-order valence-corrected chi connectivity index (χ2v) is 5.31. The van der Waals surface area contributed by atoms with Crippen molar-refractivity contribution in [1.29, 1.82) is 0 Å². The first-order valence-electron chi connectivity index (χ1n) is 7.19. The summed E-state index contributed by atoms with van der Waals surface area (Å²) >= 11 is 0. The summed E-state index contributed by atoms with van der Waals surface area (Å²) in [6.45, 7) is 3.04. The third kappa shape index (κ3) is 3.67. The molecule has 2 N–H and O–H groups in total.